The maximum Gasteiger partial charge on any atom is 0.176 e. The van der Waals surface area contributed by atoms with Gasteiger partial charge in [0.25, 0.3) is 0 Å². The third kappa shape index (κ3) is 4.15. The lowest BCUT2D eigenvalue weighted by Gasteiger charge is -2.33. The van der Waals surface area contributed by atoms with Crippen LogP contribution >= 0.6 is 15.9 Å². The largest absolute Gasteiger partial charge is 0.296 e. The summed E-state index contributed by atoms with van der Waals surface area (Å²) in [6.07, 6.45) is 5.08. The van der Waals surface area contributed by atoms with E-state index in [1.807, 2.05) is 24.3 Å². The van der Waals surface area contributed by atoms with Gasteiger partial charge in [-0.25, -0.2) is 0 Å². The van der Waals surface area contributed by atoms with Gasteiger partial charge in [-0.3, -0.25) is 9.69 Å². The lowest BCUT2D eigenvalue weighted by atomic mass is 9.86. The number of rotatable bonds is 4. The van der Waals surface area contributed by atoms with E-state index in [4.69, 9.17) is 0 Å². The lowest BCUT2D eigenvalue weighted by Crippen LogP contribution is -2.38. The molecule has 0 heterocycles. The Morgan fingerprint density at radius 3 is 2.89 bits per heavy atom. The van der Waals surface area contributed by atoms with Gasteiger partial charge < -0.3 is 0 Å². The number of nitrogens with zero attached hydrogens (tertiary/aromatic N) is 1. The van der Waals surface area contributed by atoms with Crippen LogP contribution in [-0.4, -0.2) is 30.3 Å². The summed E-state index contributed by atoms with van der Waals surface area (Å²) >= 11 is 3.42. The Labute approximate surface area is 124 Å². The Bertz CT molecular complexity index is 446. The summed E-state index contributed by atoms with van der Waals surface area (Å²) in [5, 5.41) is 0. The van der Waals surface area contributed by atoms with Crippen LogP contribution in [-0.2, 0) is 0 Å². The van der Waals surface area contributed by atoms with Gasteiger partial charge in [0.1, 0.15) is 0 Å². The number of likely N-dealkylation sites (N-methyl/N-ethyl adjacent to an activating group) is 1. The number of halogens is 1. The fraction of sp³-hybridized carbons (Fsp3) is 0.562. The first-order valence-corrected chi connectivity index (χ1v) is 7.84. The third-order valence-electron chi connectivity index (χ3n) is 4.07. The molecule has 0 spiro atoms. The van der Waals surface area contributed by atoms with E-state index in [0.717, 1.165) is 16.0 Å². The number of benzene rings is 1. The first kappa shape index (κ1) is 14.7. The minimum atomic E-state index is 0.210. The summed E-state index contributed by atoms with van der Waals surface area (Å²) in [7, 11) is 2.08. The topological polar surface area (TPSA) is 20.3 Å². The van der Waals surface area contributed by atoms with E-state index in [1.54, 1.807) is 0 Å². The highest BCUT2D eigenvalue weighted by atomic mass is 79.9. The molecule has 2 unspecified atom stereocenters. The molecule has 1 aliphatic carbocycles. The van der Waals surface area contributed by atoms with E-state index in [9.17, 15) is 4.79 Å². The molecule has 2 nitrogen and oxygen atoms in total. The van der Waals surface area contributed by atoms with E-state index in [-0.39, 0.29) is 5.78 Å². The summed E-state index contributed by atoms with van der Waals surface area (Å²) in [5.74, 6) is 1.00. The fourth-order valence-electron chi connectivity index (χ4n) is 2.91. The highest BCUT2D eigenvalue weighted by Gasteiger charge is 2.23. The second-order valence-electron chi connectivity index (χ2n) is 5.77. The van der Waals surface area contributed by atoms with Crippen LogP contribution in [0.15, 0.2) is 28.7 Å². The van der Waals surface area contributed by atoms with Gasteiger partial charge in [0, 0.05) is 16.1 Å². The van der Waals surface area contributed by atoms with Crippen molar-refractivity contribution < 1.29 is 4.79 Å². The maximum absolute atomic E-state index is 12.3. The molecule has 1 aliphatic rings. The van der Waals surface area contributed by atoms with Crippen LogP contribution in [0.5, 0.6) is 0 Å². The van der Waals surface area contributed by atoms with Gasteiger partial charge in [0.15, 0.2) is 5.78 Å². The molecule has 1 fully saturated rings. The number of ketones is 1. The van der Waals surface area contributed by atoms with Gasteiger partial charge in [-0.15, -0.1) is 0 Å². The number of Topliss-reactive ketones (excluding diaryl/α,β-unsaturated/α-hetero) is 1. The van der Waals surface area contributed by atoms with E-state index in [0.29, 0.717) is 12.6 Å². The molecular weight excluding hydrogens is 302 g/mol. The zero-order valence-corrected chi connectivity index (χ0v) is 13.3. The van der Waals surface area contributed by atoms with Gasteiger partial charge in [0.05, 0.1) is 6.54 Å². The van der Waals surface area contributed by atoms with Gasteiger partial charge in [-0.1, -0.05) is 47.8 Å². The molecule has 0 aromatic heterocycles. The van der Waals surface area contributed by atoms with Crippen molar-refractivity contribution in [1.82, 2.24) is 4.90 Å². The average molecular weight is 324 g/mol. The van der Waals surface area contributed by atoms with Crippen molar-refractivity contribution in [2.75, 3.05) is 13.6 Å². The van der Waals surface area contributed by atoms with E-state index in [1.165, 1.54) is 25.7 Å². The van der Waals surface area contributed by atoms with Gasteiger partial charge in [0.2, 0.25) is 0 Å². The SMILES string of the molecule is CC1CCCC(N(C)CC(=O)c2cccc(Br)c2)C1. The van der Waals surface area contributed by atoms with Crippen LogP contribution < -0.4 is 0 Å². The predicted molar refractivity (Wildman–Crippen MR) is 82.5 cm³/mol. The van der Waals surface area contributed by atoms with Crippen molar-refractivity contribution in [3.8, 4) is 0 Å². The second-order valence-corrected chi connectivity index (χ2v) is 6.69. The van der Waals surface area contributed by atoms with E-state index < -0.39 is 0 Å². The molecule has 0 bridgehead atoms. The molecule has 0 saturated heterocycles. The Hall–Kier alpha value is -0.670. The molecule has 0 radical (unpaired) electrons. The van der Waals surface area contributed by atoms with E-state index >= 15 is 0 Å². The van der Waals surface area contributed by atoms with Crippen molar-refractivity contribution in [2.45, 2.75) is 38.6 Å². The molecule has 1 aromatic rings. The van der Waals surface area contributed by atoms with Crippen molar-refractivity contribution in [3.63, 3.8) is 0 Å². The molecule has 0 amide bonds. The van der Waals surface area contributed by atoms with Crippen LogP contribution in [0.2, 0.25) is 0 Å². The second kappa shape index (κ2) is 6.67. The van der Waals surface area contributed by atoms with Crippen molar-refractivity contribution in [1.29, 1.82) is 0 Å². The highest BCUT2D eigenvalue weighted by Crippen LogP contribution is 2.26. The zero-order valence-electron chi connectivity index (χ0n) is 11.7. The highest BCUT2D eigenvalue weighted by molar-refractivity contribution is 9.10. The van der Waals surface area contributed by atoms with Crippen molar-refractivity contribution in [2.24, 2.45) is 5.92 Å². The molecule has 1 saturated carbocycles. The van der Waals surface area contributed by atoms with Gasteiger partial charge in [-0.05, 0) is 37.9 Å². The zero-order chi connectivity index (χ0) is 13.8. The summed E-state index contributed by atoms with van der Waals surface area (Å²) in [5.41, 5.74) is 0.796. The molecule has 2 atom stereocenters. The van der Waals surface area contributed by atoms with Gasteiger partial charge >= 0.3 is 0 Å². The third-order valence-corrected chi connectivity index (χ3v) is 4.56. The summed E-state index contributed by atoms with van der Waals surface area (Å²) < 4.78 is 0.965. The maximum atomic E-state index is 12.3. The van der Waals surface area contributed by atoms with Crippen LogP contribution in [0, 0.1) is 5.92 Å². The molecule has 19 heavy (non-hydrogen) atoms. The normalized spacial score (nSPS) is 23.6. The fourth-order valence-corrected chi connectivity index (χ4v) is 3.31. The predicted octanol–water partition coefficient (Wildman–Crippen LogP) is 4.14. The standard InChI is InChI=1S/C16H22BrNO/c1-12-5-3-8-15(9-12)18(2)11-16(19)13-6-4-7-14(17)10-13/h4,6-7,10,12,15H,3,5,8-9,11H2,1-2H3. The Morgan fingerprint density at radius 2 is 2.21 bits per heavy atom. The molecule has 2 rings (SSSR count). The Kier molecular flexibility index (Phi) is 5.17. The summed E-state index contributed by atoms with van der Waals surface area (Å²) in [6, 6.07) is 8.23. The quantitative estimate of drug-likeness (QED) is 0.776. The summed E-state index contributed by atoms with van der Waals surface area (Å²) in [6.45, 7) is 2.84. The van der Waals surface area contributed by atoms with Crippen LogP contribution in [0.3, 0.4) is 0 Å². The van der Waals surface area contributed by atoms with Crippen molar-refractivity contribution >= 4 is 21.7 Å². The van der Waals surface area contributed by atoms with Crippen LogP contribution in [0.1, 0.15) is 43.0 Å². The number of carbonyl (C=O) groups excluding carboxylic acids is 1. The minimum absolute atomic E-state index is 0.210. The Balaban J connectivity index is 1.94. The Morgan fingerprint density at radius 1 is 1.42 bits per heavy atom. The molecule has 0 N–H and O–H groups in total. The molecule has 104 valence electrons. The van der Waals surface area contributed by atoms with Gasteiger partial charge in [-0.2, -0.15) is 0 Å². The average Bonchev–Trinajstić information content (AvgIpc) is 2.38. The van der Waals surface area contributed by atoms with Crippen molar-refractivity contribution in [3.05, 3.63) is 34.3 Å². The smallest absolute Gasteiger partial charge is 0.176 e. The minimum Gasteiger partial charge on any atom is -0.296 e. The molecule has 0 aliphatic heterocycles. The van der Waals surface area contributed by atoms with Crippen LogP contribution in [0.25, 0.3) is 0 Å². The number of carbonyl (C=O) groups is 1. The van der Waals surface area contributed by atoms with Crippen LogP contribution in [0.4, 0.5) is 0 Å². The summed E-state index contributed by atoms with van der Waals surface area (Å²) in [4.78, 5) is 14.5. The lowest BCUT2D eigenvalue weighted by molar-refractivity contribution is 0.0882. The number of hydrogen-bond acceptors (Lipinski definition) is 2. The molecule has 1 aromatic carbocycles. The molecular formula is C16H22BrNO. The van der Waals surface area contributed by atoms with E-state index in [2.05, 4.69) is 34.8 Å². The first-order chi connectivity index (χ1) is 9.06. The first-order valence-electron chi connectivity index (χ1n) is 7.05. The monoisotopic (exact) mass is 323 g/mol. The molecule has 3 heteroatoms. The number of hydrogen-bond donors (Lipinski definition) is 0.